The van der Waals surface area contributed by atoms with Gasteiger partial charge in [-0.05, 0) is 43.0 Å². The number of benzene rings is 3. The zero-order valence-corrected chi connectivity index (χ0v) is 18.3. The van der Waals surface area contributed by atoms with Crippen LogP contribution in [0.25, 0.3) is 11.1 Å². The molecule has 0 spiro atoms. The van der Waals surface area contributed by atoms with Crippen LogP contribution in [-0.2, 0) is 10.8 Å². The third kappa shape index (κ3) is 4.74. The number of allylic oxidation sites excluding steroid dienone is 1. The van der Waals surface area contributed by atoms with E-state index in [0.29, 0.717) is 25.0 Å². The second kappa shape index (κ2) is 9.44. The summed E-state index contributed by atoms with van der Waals surface area (Å²) >= 11 is 0. The Labute approximate surface area is 198 Å². The van der Waals surface area contributed by atoms with E-state index in [-0.39, 0.29) is 17.7 Å². The van der Waals surface area contributed by atoms with Gasteiger partial charge in [0, 0.05) is 23.3 Å². The molecular weight excluding hydrogens is 503 g/mol. The van der Waals surface area contributed by atoms with Gasteiger partial charge in [0.25, 0.3) is 0 Å². The number of alkyl halides is 2. The molecule has 0 amide bonds. The fourth-order valence-electron chi connectivity index (χ4n) is 3.75. The third-order valence-corrected chi connectivity index (χ3v) is 5.54. The molecule has 0 N–H and O–H groups in total. The first-order chi connectivity index (χ1) is 16.9. The topological polar surface area (TPSA) is 18.5 Å². The normalized spacial score (nSPS) is 15.9. The van der Waals surface area contributed by atoms with Crippen molar-refractivity contribution in [1.29, 1.82) is 0 Å². The number of hydrogen-bond donors (Lipinski definition) is 0. The number of hydrogen-bond acceptors (Lipinski definition) is 2. The summed E-state index contributed by atoms with van der Waals surface area (Å²) in [6.07, 6.45) is -3.24. The summed E-state index contributed by atoms with van der Waals surface area (Å²) in [6, 6.07) is 2.94. The lowest BCUT2D eigenvalue weighted by molar-refractivity contribution is -0.189. The van der Waals surface area contributed by atoms with Crippen LogP contribution >= 0.6 is 0 Å². The molecule has 4 rings (SSSR count). The quantitative estimate of drug-likeness (QED) is 0.250. The van der Waals surface area contributed by atoms with Crippen molar-refractivity contribution >= 4 is 0 Å². The minimum Gasteiger partial charge on any atom is -0.493 e. The maximum absolute atomic E-state index is 14.8. The van der Waals surface area contributed by atoms with E-state index in [2.05, 4.69) is 4.74 Å². The molecule has 36 heavy (non-hydrogen) atoms. The molecule has 0 bridgehead atoms. The molecule has 0 saturated heterocycles. The van der Waals surface area contributed by atoms with E-state index in [4.69, 9.17) is 4.74 Å². The molecule has 3 aromatic rings. The first-order valence-corrected chi connectivity index (χ1v) is 10.4. The summed E-state index contributed by atoms with van der Waals surface area (Å²) in [5.74, 6) is -13.6. The minimum atomic E-state index is -4.82. The maximum Gasteiger partial charge on any atom is 0.432 e. The van der Waals surface area contributed by atoms with Crippen LogP contribution in [0.3, 0.4) is 0 Å². The summed E-state index contributed by atoms with van der Waals surface area (Å²) < 4.78 is 137. The van der Waals surface area contributed by atoms with Gasteiger partial charge in [-0.2, -0.15) is 8.78 Å². The van der Waals surface area contributed by atoms with Gasteiger partial charge in [0.2, 0.25) is 0 Å². The molecule has 2 nitrogen and oxygen atoms in total. The van der Waals surface area contributed by atoms with Gasteiger partial charge in [-0.3, -0.25) is 0 Å². The van der Waals surface area contributed by atoms with E-state index >= 15 is 0 Å². The Balaban J connectivity index is 1.67. The van der Waals surface area contributed by atoms with Crippen LogP contribution in [0.2, 0.25) is 0 Å². The lowest BCUT2D eigenvalue weighted by atomic mass is 9.95. The second-order valence-electron chi connectivity index (χ2n) is 8.09. The van der Waals surface area contributed by atoms with Gasteiger partial charge in [-0.15, -0.1) is 0 Å². The SMILES string of the molecule is CC1=COC(c2ccc(-c3cc(F)c(C(F)(F)Oc4cc(F)c(F)c(F)c4)c(F)c3)c(F)c2F)CC1. The second-order valence-corrected chi connectivity index (χ2v) is 8.09. The summed E-state index contributed by atoms with van der Waals surface area (Å²) in [4.78, 5) is 0. The van der Waals surface area contributed by atoms with Crippen LogP contribution in [0.5, 0.6) is 5.75 Å². The minimum absolute atomic E-state index is 0.0589. The fraction of sp³-hybridized carbons (Fsp3) is 0.200. The van der Waals surface area contributed by atoms with Crippen LogP contribution in [-0.4, -0.2) is 0 Å². The maximum atomic E-state index is 14.8. The van der Waals surface area contributed by atoms with Crippen LogP contribution in [0.15, 0.2) is 48.2 Å². The van der Waals surface area contributed by atoms with Crippen molar-refractivity contribution in [1.82, 2.24) is 0 Å². The predicted octanol–water partition coefficient (Wildman–Crippen LogP) is 8.21. The zero-order valence-electron chi connectivity index (χ0n) is 18.3. The Kier molecular flexibility index (Phi) is 6.68. The van der Waals surface area contributed by atoms with Crippen LogP contribution < -0.4 is 4.74 Å². The Morgan fingerprint density at radius 2 is 1.42 bits per heavy atom. The van der Waals surface area contributed by atoms with Gasteiger partial charge >= 0.3 is 6.11 Å². The fourth-order valence-corrected chi connectivity index (χ4v) is 3.75. The van der Waals surface area contributed by atoms with E-state index in [0.717, 1.165) is 17.7 Å². The predicted molar refractivity (Wildman–Crippen MR) is 109 cm³/mol. The van der Waals surface area contributed by atoms with Crippen LogP contribution in [0.1, 0.15) is 37.0 Å². The Hall–Kier alpha value is -3.63. The highest BCUT2D eigenvalue weighted by Gasteiger charge is 2.42. The van der Waals surface area contributed by atoms with Crippen molar-refractivity contribution in [3.05, 3.63) is 100 Å². The third-order valence-electron chi connectivity index (χ3n) is 5.54. The smallest absolute Gasteiger partial charge is 0.432 e. The van der Waals surface area contributed by atoms with E-state index < -0.39 is 75.4 Å². The van der Waals surface area contributed by atoms with Crippen molar-refractivity contribution in [3.8, 4) is 16.9 Å². The average molecular weight is 518 g/mol. The van der Waals surface area contributed by atoms with E-state index in [9.17, 15) is 39.5 Å². The first-order valence-electron chi connectivity index (χ1n) is 10.4. The summed E-state index contributed by atoms with van der Waals surface area (Å²) in [5.41, 5.74) is -2.41. The highest BCUT2D eigenvalue weighted by Crippen LogP contribution is 2.39. The highest BCUT2D eigenvalue weighted by molar-refractivity contribution is 5.66. The largest absolute Gasteiger partial charge is 0.493 e. The summed E-state index contributed by atoms with van der Waals surface area (Å²) in [5, 5.41) is 0. The monoisotopic (exact) mass is 518 g/mol. The number of ether oxygens (including phenoxy) is 2. The molecule has 1 aliphatic rings. The van der Waals surface area contributed by atoms with Crippen molar-refractivity contribution in [2.45, 2.75) is 32.0 Å². The van der Waals surface area contributed by atoms with Gasteiger partial charge in [-0.1, -0.05) is 12.1 Å². The molecule has 1 aliphatic heterocycles. The van der Waals surface area contributed by atoms with Crippen molar-refractivity contribution < 1.29 is 49.0 Å². The van der Waals surface area contributed by atoms with Gasteiger partial charge in [0.05, 0.1) is 6.26 Å². The molecule has 11 heteroatoms. The molecule has 1 atom stereocenters. The van der Waals surface area contributed by atoms with Crippen molar-refractivity contribution in [3.63, 3.8) is 0 Å². The Morgan fingerprint density at radius 1 is 0.806 bits per heavy atom. The van der Waals surface area contributed by atoms with Crippen molar-refractivity contribution in [2.24, 2.45) is 0 Å². The van der Waals surface area contributed by atoms with Gasteiger partial charge in [0.15, 0.2) is 29.1 Å². The first kappa shape index (κ1) is 25.5. The van der Waals surface area contributed by atoms with Gasteiger partial charge in [0.1, 0.15) is 29.1 Å². The Bertz CT molecular complexity index is 1320. The zero-order chi connectivity index (χ0) is 26.4. The summed E-state index contributed by atoms with van der Waals surface area (Å²) in [6.45, 7) is 1.80. The van der Waals surface area contributed by atoms with Gasteiger partial charge < -0.3 is 9.47 Å². The van der Waals surface area contributed by atoms with Crippen LogP contribution in [0.4, 0.5) is 39.5 Å². The van der Waals surface area contributed by atoms with Crippen molar-refractivity contribution in [2.75, 3.05) is 0 Å². The van der Waals surface area contributed by atoms with Gasteiger partial charge in [-0.25, -0.2) is 30.7 Å². The van der Waals surface area contributed by atoms with E-state index in [1.165, 1.54) is 6.26 Å². The summed E-state index contributed by atoms with van der Waals surface area (Å²) in [7, 11) is 0. The van der Waals surface area contributed by atoms with Crippen LogP contribution in [0, 0.1) is 40.7 Å². The molecule has 1 heterocycles. The molecule has 0 aromatic heterocycles. The molecule has 0 aliphatic carbocycles. The lowest BCUT2D eigenvalue weighted by Gasteiger charge is -2.23. The molecule has 0 radical (unpaired) electrons. The molecule has 3 aromatic carbocycles. The van der Waals surface area contributed by atoms with E-state index in [1.54, 1.807) is 6.92 Å². The molecule has 0 saturated carbocycles. The molecular formula is C25H15F9O2. The average Bonchev–Trinajstić information content (AvgIpc) is 2.79. The molecule has 0 fully saturated rings. The number of halogens is 9. The Morgan fingerprint density at radius 3 is 1.97 bits per heavy atom. The molecule has 190 valence electrons. The number of rotatable bonds is 5. The lowest BCUT2D eigenvalue weighted by Crippen LogP contribution is -2.25. The molecule has 1 unspecified atom stereocenters. The standard InChI is InChI=1S/C25H15F9O2/c1-11-2-5-20(35-10-11)15-4-3-14(22(30)23(15)31)12-6-16(26)21(17(27)7-12)25(33,34)36-13-8-18(28)24(32)19(29)9-13/h3-4,6-10,20H,2,5H2,1H3. The van der Waals surface area contributed by atoms with E-state index in [1.807, 2.05) is 0 Å². The highest BCUT2D eigenvalue weighted by atomic mass is 19.3.